The predicted octanol–water partition coefficient (Wildman–Crippen LogP) is 5.24. The van der Waals surface area contributed by atoms with E-state index in [1.54, 1.807) is 0 Å². The molecule has 2 fully saturated rings. The van der Waals surface area contributed by atoms with Crippen LogP contribution >= 0.6 is 0 Å². The van der Waals surface area contributed by atoms with Gasteiger partial charge in [0.2, 0.25) is 0 Å². The number of unbranched alkanes of at least 4 members (excludes halogenated alkanes) is 1. The van der Waals surface area contributed by atoms with Crippen molar-refractivity contribution in [2.45, 2.75) is 95.9 Å². The summed E-state index contributed by atoms with van der Waals surface area (Å²) >= 11 is 0. The van der Waals surface area contributed by atoms with Crippen LogP contribution in [0.25, 0.3) is 0 Å². The maximum Gasteiger partial charge on any atom is 0.314 e. The van der Waals surface area contributed by atoms with E-state index < -0.39 is 5.41 Å². The lowest BCUT2D eigenvalue weighted by molar-refractivity contribution is -0.861. The Kier molecular flexibility index (Phi) is 8.70. The van der Waals surface area contributed by atoms with E-state index >= 15 is 0 Å². The quantitative estimate of drug-likeness (QED) is 0.389. The average molecular weight is 453 g/mol. The van der Waals surface area contributed by atoms with Crippen LogP contribution in [0.15, 0.2) is 30.3 Å². The first kappa shape index (κ1) is 25.4. The van der Waals surface area contributed by atoms with Crippen LogP contribution in [-0.4, -0.2) is 35.4 Å². The number of hydrogen-bond donors (Lipinski definition) is 1. The summed E-state index contributed by atoms with van der Waals surface area (Å²) in [6, 6.07) is 12.3. The summed E-state index contributed by atoms with van der Waals surface area (Å²) in [5.41, 5.74) is 6.32. The van der Waals surface area contributed by atoms with E-state index in [1.165, 1.54) is 19.3 Å². The fourth-order valence-corrected chi connectivity index (χ4v) is 6.46. The first-order chi connectivity index (χ1) is 15.9. The molecule has 0 spiro atoms. The number of primary amides is 1. The lowest BCUT2D eigenvalue weighted by atomic mass is 9.69. The number of nitrogens with zero attached hydrogens (tertiary/aromatic N) is 2. The highest BCUT2D eigenvalue weighted by atomic mass is 16.2. The van der Waals surface area contributed by atoms with Crippen molar-refractivity contribution in [3.8, 4) is 6.07 Å². The Morgan fingerprint density at radius 1 is 1.09 bits per heavy atom. The number of carbonyl (C=O) groups excluding carboxylic acids is 2. The predicted molar refractivity (Wildman–Crippen MR) is 131 cm³/mol. The number of quaternary nitrogens is 1. The smallest absolute Gasteiger partial charge is 0.314 e. The van der Waals surface area contributed by atoms with Gasteiger partial charge in [0.15, 0.2) is 6.04 Å². The molecule has 2 N–H and O–H groups in total. The minimum Gasteiger partial charge on any atom is -0.364 e. The lowest BCUT2D eigenvalue weighted by Gasteiger charge is -2.39. The molecule has 2 aliphatic rings. The molecule has 1 saturated heterocycles. The number of likely N-dealkylation sites (tertiary alicyclic amines) is 1. The third-order valence-corrected chi connectivity index (χ3v) is 8.45. The number of hydrogen-bond acceptors (Lipinski definition) is 3. The summed E-state index contributed by atoms with van der Waals surface area (Å²) < 4.78 is 0.284. The lowest BCUT2D eigenvalue weighted by Crippen LogP contribution is -2.62. The number of carbonyl (C=O) groups is 2. The SMILES string of the molecule is CC(C)[C@@](C#N)(CCCCC(=O)[N@@+]1(CC2CCCCC2)CCCC1C(N)=O)c1ccccc1. The molecule has 1 aliphatic heterocycles. The van der Waals surface area contributed by atoms with E-state index in [0.29, 0.717) is 12.3 Å². The molecule has 1 aromatic rings. The second-order valence-electron chi connectivity index (χ2n) is 10.7. The van der Waals surface area contributed by atoms with Gasteiger partial charge in [-0.05, 0) is 37.2 Å². The molecule has 1 saturated carbocycles. The Labute approximate surface area is 199 Å². The molecule has 3 atom stereocenters. The molecule has 3 rings (SSSR count). The minimum atomic E-state index is -0.540. The van der Waals surface area contributed by atoms with Crippen LogP contribution < -0.4 is 5.73 Å². The fourth-order valence-electron chi connectivity index (χ4n) is 6.46. The van der Waals surface area contributed by atoms with E-state index in [9.17, 15) is 14.9 Å². The Bertz CT molecular complexity index is 840. The van der Waals surface area contributed by atoms with Crippen molar-refractivity contribution in [2.24, 2.45) is 17.6 Å². The van der Waals surface area contributed by atoms with Crippen LogP contribution in [0.2, 0.25) is 0 Å². The second-order valence-corrected chi connectivity index (χ2v) is 10.7. The topological polar surface area (TPSA) is 83.9 Å². The monoisotopic (exact) mass is 452 g/mol. The molecular weight excluding hydrogens is 410 g/mol. The van der Waals surface area contributed by atoms with Crippen molar-refractivity contribution in [1.82, 2.24) is 0 Å². The maximum atomic E-state index is 13.7. The number of benzene rings is 1. The summed E-state index contributed by atoms with van der Waals surface area (Å²) in [7, 11) is 0. The normalized spacial score (nSPS) is 25.5. The van der Waals surface area contributed by atoms with Crippen LogP contribution in [0, 0.1) is 23.2 Å². The van der Waals surface area contributed by atoms with Crippen LogP contribution in [0.1, 0.15) is 90.0 Å². The molecule has 5 heteroatoms. The fraction of sp³-hybridized carbons (Fsp3) is 0.679. The first-order valence-electron chi connectivity index (χ1n) is 13.0. The molecule has 5 nitrogen and oxygen atoms in total. The van der Waals surface area contributed by atoms with Gasteiger partial charge in [0.05, 0.1) is 31.0 Å². The van der Waals surface area contributed by atoms with Gasteiger partial charge in [0.25, 0.3) is 5.91 Å². The van der Waals surface area contributed by atoms with Gasteiger partial charge in [-0.3, -0.25) is 9.28 Å². The highest BCUT2D eigenvalue weighted by Crippen LogP contribution is 2.38. The van der Waals surface area contributed by atoms with Gasteiger partial charge in [-0.15, -0.1) is 0 Å². The van der Waals surface area contributed by atoms with Crippen molar-refractivity contribution in [2.75, 3.05) is 13.1 Å². The highest BCUT2D eigenvalue weighted by Gasteiger charge is 2.51. The van der Waals surface area contributed by atoms with Crippen LogP contribution in [0.3, 0.4) is 0 Å². The molecule has 0 bridgehead atoms. The molecular formula is C28H42N3O2+. The number of nitrogens with two attached hydrogens (primary N) is 1. The van der Waals surface area contributed by atoms with E-state index in [-0.39, 0.29) is 28.3 Å². The van der Waals surface area contributed by atoms with E-state index in [4.69, 9.17) is 5.73 Å². The summed E-state index contributed by atoms with van der Waals surface area (Å²) in [5, 5.41) is 10.1. The number of rotatable bonds is 10. The van der Waals surface area contributed by atoms with Crippen molar-refractivity contribution in [1.29, 1.82) is 5.26 Å². The van der Waals surface area contributed by atoms with Crippen LogP contribution in [-0.2, 0) is 15.0 Å². The molecule has 1 aliphatic carbocycles. The van der Waals surface area contributed by atoms with Gasteiger partial charge in [-0.2, -0.15) is 5.26 Å². The van der Waals surface area contributed by atoms with E-state index in [2.05, 4.69) is 19.9 Å². The Balaban J connectivity index is 1.67. The van der Waals surface area contributed by atoms with Crippen molar-refractivity contribution in [3.63, 3.8) is 0 Å². The summed E-state index contributed by atoms with van der Waals surface area (Å²) in [6.07, 6.45) is 10.4. The molecule has 0 radical (unpaired) electrons. The summed E-state index contributed by atoms with van der Waals surface area (Å²) in [5.74, 6) is 0.578. The van der Waals surface area contributed by atoms with Crippen LogP contribution in [0.5, 0.6) is 0 Å². The number of nitriles is 1. The average Bonchev–Trinajstić information content (AvgIpc) is 3.25. The van der Waals surface area contributed by atoms with Gasteiger partial charge in [0, 0.05) is 18.8 Å². The zero-order chi connectivity index (χ0) is 23.9. The Hall–Kier alpha value is -2.19. The van der Waals surface area contributed by atoms with Gasteiger partial charge >= 0.3 is 5.91 Å². The van der Waals surface area contributed by atoms with Crippen LogP contribution in [0.4, 0.5) is 0 Å². The van der Waals surface area contributed by atoms with Crippen molar-refractivity contribution >= 4 is 11.8 Å². The molecule has 33 heavy (non-hydrogen) atoms. The molecule has 0 aromatic heterocycles. The van der Waals surface area contributed by atoms with Gasteiger partial charge < -0.3 is 5.73 Å². The maximum absolute atomic E-state index is 13.7. The van der Waals surface area contributed by atoms with Crippen molar-refractivity contribution in [3.05, 3.63) is 35.9 Å². The third-order valence-electron chi connectivity index (χ3n) is 8.45. The zero-order valence-electron chi connectivity index (χ0n) is 20.6. The molecule has 1 aromatic carbocycles. The molecule has 180 valence electrons. The Morgan fingerprint density at radius 2 is 1.79 bits per heavy atom. The highest BCUT2D eigenvalue weighted by molar-refractivity contribution is 5.82. The standard InChI is InChI=1S/C28H41N3O2/c1-22(2)28(21-29,24-14-7-4-8-15-24)18-10-9-17-26(32)31(19-11-16-25(31)27(30)33)20-23-12-5-3-6-13-23/h4,7-8,14-15,22-23,25H,3,5-6,9-13,16-20H2,1-2H3,(H-,30,33)/p+1/t25?,28-,31+/m0/s1. The first-order valence-corrected chi connectivity index (χ1v) is 13.0. The Morgan fingerprint density at radius 3 is 2.39 bits per heavy atom. The summed E-state index contributed by atoms with van der Waals surface area (Å²) in [4.78, 5) is 26.0. The molecule has 1 unspecified atom stereocenters. The summed E-state index contributed by atoms with van der Waals surface area (Å²) in [6.45, 7) is 5.74. The molecule has 1 heterocycles. The zero-order valence-corrected chi connectivity index (χ0v) is 20.6. The van der Waals surface area contributed by atoms with Gasteiger partial charge in [0.1, 0.15) is 0 Å². The molecule has 2 amide bonds. The minimum absolute atomic E-state index is 0.183. The van der Waals surface area contributed by atoms with E-state index in [0.717, 1.165) is 63.6 Å². The number of amides is 2. The largest absolute Gasteiger partial charge is 0.364 e. The van der Waals surface area contributed by atoms with Gasteiger partial charge in [-0.1, -0.05) is 69.9 Å². The van der Waals surface area contributed by atoms with Crippen molar-refractivity contribution < 1.29 is 14.1 Å². The van der Waals surface area contributed by atoms with E-state index in [1.807, 2.05) is 30.3 Å². The van der Waals surface area contributed by atoms with Gasteiger partial charge in [-0.25, -0.2) is 4.79 Å². The second kappa shape index (κ2) is 11.3. The third kappa shape index (κ3) is 5.49.